The van der Waals surface area contributed by atoms with Crippen LogP contribution in [0.2, 0.25) is 0 Å². The molecule has 0 fully saturated rings. The maximum absolute atomic E-state index is 12.8. The molecule has 0 aliphatic rings. The van der Waals surface area contributed by atoms with Gasteiger partial charge in [0.2, 0.25) is 0 Å². The first-order chi connectivity index (χ1) is 18.8. The topological polar surface area (TPSA) is 131 Å². The number of rotatable bonds is 17. The van der Waals surface area contributed by atoms with Crippen molar-refractivity contribution in [2.75, 3.05) is 7.11 Å². The van der Waals surface area contributed by atoms with Crippen LogP contribution < -0.4 is 15.2 Å². The van der Waals surface area contributed by atoms with Crippen LogP contribution in [0, 0.1) is 17.8 Å². The Morgan fingerprint density at radius 3 is 1.93 bits per heavy atom. The molecule has 0 radical (unpaired) electrons. The Kier molecular flexibility index (Phi) is 14.9. The van der Waals surface area contributed by atoms with Crippen LogP contribution >= 0.6 is 0 Å². The number of carbonyl (C=O) groups excluding carboxylic acids is 4. The highest BCUT2D eigenvalue weighted by Gasteiger charge is 2.38. The van der Waals surface area contributed by atoms with Crippen molar-refractivity contribution in [1.29, 1.82) is 0 Å². The third kappa shape index (κ3) is 11.7. The van der Waals surface area contributed by atoms with E-state index in [9.17, 15) is 19.2 Å². The number of carbonyl (C=O) groups is 4. The van der Waals surface area contributed by atoms with Crippen molar-refractivity contribution in [1.82, 2.24) is 0 Å². The molecule has 2 N–H and O–H groups in total. The van der Waals surface area contributed by atoms with Crippen molar-refractivity contribution in [2.24, 2.45) is 23.5 Å². The second kappa shape index (κ2) is 17.0. The first kappa shape index (κ1) is 35.1. The van der Waals surface area contributed by atoms with Gasteiger partial charge in [0, 0.05) is 25.7 Å². The number of ether oxygens (including phenoxy) is 4. The fourth-order valence-electron chi connectivity index (χ4n) is 4.23. The summed E-state index contributed by atoms with van der Waals surface area (Å²) < 4.78 is 21.8. The van der Waals surface area contributed by atoms with Crippen LogP contribution in [0.1, 0.15) is 99.0 Å². The number of nitrogens with two attached hydrogens (primary N) is 1. The van der Waals surface area contributed by atoms with Gasteiger partial charge in [0.1, 0.15) is 11.6 Å². The maximum atomic E-state index is 12.8. The fourth-order valence-corrected chi connectivity index (χ4v) is 4.23. The SMILES string of the molecule is CCCC(C)C(=O)O[C@@H](C)CC(N)(Cc1ccc(OC(=O)CC(C)CC)c(OC(=O)CC(C)CC)c1)C(=O)OC. The lowest BCUT2D eigenvalue weighted by atomic mass is 9.86. The number of hydrogen-bond acceptors (Lipinski definition) is 9. The molecule has 1 aromatic carbocycles. The smallest absolute Gasteiger partial charge is 0.326 e. The molecule has 1 aromatic rings. The third-order valence-electron chi connectivity index (χ3n) is 7.08. The van der Waals surface area contributed by atoms with E-state index in [-0.39, 0.29) is 60.9 Å². The molecule has 0 aromatic heterocycles. The third-order valence-corrected chi connectivity index (χ3v) is 7.08. The maximum Gasteiger partial charge on any atom is 0.326 e. The number of esters is 4. The van der Waals surface area contributed by atoms with Crippen LogP contribution in [-0.4, -0.2) is 42.6 Å². The van der Waals surface area contributed by atoms with Crippen LogP contribution in [0.4, 0.5) is 0 Å². The van der Waals surface area contributed by atoms with Gasteiger partial charge in [0.25, 0.3) is 0 Å². The average Bonchev–Trinajstić information content (AvgIpc) is 2.89. The Labute approximate surface area is 239 Å². The Morgan fingerprint density at radius 2 is 1.43 bits per heavy atom. The van der Waals surface area contributed by atoms with Crippen molar-refractivity contribution >= 4 is 23.9 Å². The van der Waals surface area contributed by atoms with Gasteiger partial charge in [0.05, 0.1) is 13.0 Å². The summed E-state index contributed by atoms with van der Waals surface area (Å²) in [5, 5.41) is 0. The van der Waals surface area contributed by atoms with E-state index in [2.05, 4.69) is 0 Å². The Bertz CT molecular complexity index is 994. The second-order valence-electron chi connectivity index (χ2n) is 11.1. The van der Waals surface area contributed by atoms with E-state index in [0.717, 1.165) is 19.3 Å². The van der Waals surface area contributed by atoms with Crippen molar-refractivity contribution in [3.8, 4) is 11.5 Å². The first-order valence-corrected chi connectivity index (χ1v) is 14.4. The van der Waals surface area contributed by atoms with E-state index in [4.69, 9.17) is 24.7 Å². The van der Waals surface area contributed by atoms with Gasteiger partial charge >= 0.3 is 23.9 Å². The molecule has 0 aliphatic carbocycles. The van der Waals surface area contributed by atoms with E-state index in [0.29, 0.717) is 12.0 Å². The van der Waals surface area contributed by atoms with Crippen LogP contribution in [0.25, 0.3) is 0 Å². The minimum Gasteiger partial charge on any atom is -0.468 e. The normalized spacial score (nSPS) is 15.6. The zero-order chi connectivity index (χ0) is 30.5. The molecule has 0 amide bonds. The molecular formula is C31H49NO8. The lowest BCUT2D eigenvalue weighted by molar-refractivity contribution is -0.157. The van der Waals surface area contributed by atoms with E-state index in [1.807, 2.05) is 34.6 Å². The summed E-state index contributed by atoms with van der Waals surface area (Å²) in [6, 6.07) is 4.73. The zero-order valence-electron chi connectivity index (χ0n) is 25.5. The minimum absolute atomic E-state index is 0.00306. The van der Waals surface area contributed by atoms with Crippen molar-refractivity contribution in [3.05, 3.63) is 23.8 Å². The summed E-state index contributed by atoms with van der Waals surface area (Å²) in [7, 11) is 1.24. The lowest BCUT2D eigenvalue weighted by Crippen LogP contribution is -2.53. The summed E-state index contributed by atoms with van der Waals surface area (Å²) >= 11 is 0. The van der Waals surface area contributed by atoms with Crippen molar-refractivity contribution in [2.45, 2.75) is 111 Å². The fraction of sp³-hybridized carbons (Fsp3) is 0.677. The summed E-state index contributed by atoms with van der Waals surface area (Å²) in [6.45, 7) is 13.3. The highest BCUT2D eigenvalue weighted by atomic mass is 16.6. The Hall–Kier alpha value is -2.94. The molecule has 40 heavy (non-hydrogen) atoms. The highest BCUT2D eigenvalue weighted by molar-refractivity contribution is 5.81. The van der Waals surface area contributed by atoms with E-state index >= 15 is 0 Å². The molecule has 4 unspecified atom stereocenters. The van der Waals surface area contributed by atoms with Gasteiger partial charge in [-0.1, -0.05) is 66.9 Å². The van der Waals surface area contributed by atoms with E-state index in [1.54, 1.807) is 26.0 Å². The molecule has 0 heterocycles. The van der Waals surface area contributed by atoms with Gasteiger partial charge in [-0.2, -0.15) is 0 Å². The molecule has 0 spiro atoms. The van der Waals surface area contributed by atoms with E-state index < -0.39 is 29.6 Å². The zero-order valence-corrected chi connectivity index (χ0v) is 25.5. The van der Waals surface area contributed by atoms with Gasteiger partial charge < -0.3 is 24.7 Å². The summed E-state index contributed by atoms with van der Waals surface area (Å²) in [4.78, 5) is 50.4. The summed E-state index contributed by atoms with van der Waals surface area (Å²) in [6.07, 6.45) is 2.96. The Balaban J connectivity index is 3.26. The van der Waals surface area contributed by atoms with Gasteiger partial charge in [-0.15, -0.1) is 0 Å². The minimum atomic E-state index is -1.53. The van der Waals surface area contributed by atoms with E-state index in [1.165, 1.54) is 13.2 Å². The van der Waals surface area contributed by atoms with Gasteiger partial charge in [-0.25, -0.2) is 0 Å². The van der Waals surface area contributed by atoms with Crippen LogP contribution in [-0.2, 0) is 35.1 Å². The lowest BCUT2D eigenvalue weighted by Gasteiger charge is -2.30. The molecular weight excluding hydrogens is 514 g/mol. The standard InChI is InChI=1S/C31H49NO8/c1-9-12-22(6)29(35)38-23(7)18-31(32,30(36)37-8)19-24-13-14-25(39-27(33)15-20(4)10-2)26(17-24)40-28(34)16-21(5)11-3/h13-14,17,20-23H,9-12,15-16,18-19,32H2,1-8H3/t20?,21?,22?,23-,31?/m0/s1. The predicted octanol–water partition coefficient (Wildman–Crippen LogP) is 5.54. The van der Waals surface area contributed by atoms with Crippen LogP contribution in [0.15, 0.2) is 18.2 Å². The quantitative estimate of drug-likeness (QED) is 0.192. The number of benzene rings is 1. The molecule has 1 rings (SSSR count). The summed E-state index contributed by atoms with van der Waals surface area (Å²) in [5.41, 5.74) is 5.58. The molecule has 0 aliphatic heterocycles. The molecule has 5 atom stereocenters. The van der Waals surface area contributed by atoms with Gasteiger partial charge in [-0.3, -0.25) is 19.2 Å². The molecule has 226 valence electrons. The molecule has 0 saturated carbocycles. The highest BCUT2D eigenvalue weighted by Crippen LogP contribution is 2.32. The van der Waals surface area contributed by atoms with Gasteiger partial charge in [0.15, 0.2) is 11.5 Å². The molecule has 0 saturated heterocycles. The van der Waals surface area contributed by atoms with Crippen molar-refractivity contribution < 1.29 is 38.1 Å². The average molecular weight is 564 g/mol. The summed E-state index contributed by atoms with van der Waals surface area (Å²) in [5.74, 6) is -1.73. The largest absolute Gasteiger partial charge is 0.468 e. The monoisotopic (exact) mass is 563 g/mol. The predicted molar refractivity (Wildman–Crippen MR) is 153 cm³/mol. The number of hydrogen-bond donors (Lipinski definition) is 1. The second-order valence-corrected chi connectivity index (χ2v) is 11.1. The number of methoxy groups -OCH3 is 1. The molecule has 0 bridgehead atoms. The Morgan fingerprint density at radius 1 is 0.875 bits per heavy atom. The van der Waals surface area contributed by atoms with Crippen molar-refractivity contribution in [3.63, 3.8) is 0 Å². The first-order valence-electron chi connectivity index (χ1n) is 14.4. The van der Waals surface area contributed by atoms with Gasteiger partial charge in [-0.05, 0) is 42.9 Å². The molecule has 9 heteroatoms. The van der Waals surface area contributed by atoms with Crippen LogP contribution in [0.5, 0.6) is 11.5 Å². The van der Waals surface area contributed by atoms with Crippen LogP contribution in [0.3, 0.4) is 0 Å². The molecule has 9 nitrogen and oxygen atoms in total.